The average molecular weight is 361 g/mol. The minimum atomic E-state index is -1.95. The summed E-state index contributed by atoms with van der Waals surface area (Å²) in [6.07, 6.45) is 6.67. The minimum absolute atomic E-state index is 0.321. The van der Waals surface area contributed by atoms with E-state index in [2.05, 4.69) is 10.3 Å². The fourth-order valence-corrected chi connectivity index (χ4v) is 3.17. The number of benzene rings is 1. The SMILES string of the molecule is O=C1N=C2C=CC=CN2C(c2ccc(F)cc2)(C(Cl)(Cl)Cl)N1. The summed E-state index contributed by atoms with van der Waals surface area (Å²) in [5, 5.41) is 2.60. The number of carbonyl (C=O) groups excluding carboxylic acids is 1. The van der Waals surface area contributed by atoms with Gasteiger partial charge >= 0.3 is 6.03 Å². The van der Waals surface area contributed by atoms with Gasteiger partial charge in [-0.1, -0.05) is 53.0 Å². The molecule has 0 aliphatic carbocycles. The number of urea groups is 1. The Kier molecular flexibility index (Phi) is 3.67. The Morgan fingerprint density at radius 3 is 2.50 bits per heavy atom. The molecule has 2 aliphatic rings. The van der Waals surface area contributed by atoms with Crippen LogP contribution in [-0.2, 0) is 5.66 Å². The number of nitrogens with zero attached hydrogens (tertiary/aromatic N) is 2. The number of fused-ring (bicyclic) bond motifs is 1. The van der Waals surface area contributed by atoms with Crippen molar-refractivity contribution in [2.24, 2.45) is 4.99 Å². The summed E-state index contributed by atoms with van der Waals surface area (Å²) < 4.78 is 11.3. The minimum Gasteiger partial charge on any atom is -0.305 e. The first-order valence-electron chi connectivity index (χ1n) is 6.22. The molecule has 0 bridgehead atoms. The molecule has 3 rings (SSSR count). The van der Waals surface area contributed by atoms with Crippen LogP contribution in [-0.4, -0.2) is 20.6 Å². The van der Waals surface area contributed by atoms with Crippen molar-refractivity contribution in [1.29, 1.82) is 0 Å². The maximum Gasteiger partial charge on any atom is 0.345 e. The number of halogens is 4. The van der Waals surface area contributed by atoms with Gasteiger partial charge in [-0.2, -0.15) is 4.99 Å². The summed E-state index contributed by atoms with van der Waals surface area (Å²) in [4.78, 5) is 17.4. The molecule has 1 N–H and O–H groups in total. The highest BCUT2D eigenvalue weighted by atomic mass is 35.6. The smallest absolute Gasteiger partial charge is 0.305 e. The van der Waals surface area contributed by atoms with Gasteiger partial charge in [-0.15, -0.1) is 0 Å². The predicted octanol–water partition coefficient (Wildman–Crippen LogP) is 3.86. The Morgan fingerprint density at radius 1 is 1.18 bits per heavy atom. The highest BCUT2D eigenvalue weighted by Crippen LogP contribution is 2.49. The standard InChI is InChI=1S/C14H9Cl3FN3O/c15-14(16,17)13(9-4-6-10(18)7-5-9)20-12(22)19-11-3-1-2-8-21(11)13/h1-8H,(H,20,22). The number of aliphatic imine (C=N–C) groups is 1. The van der Waals surface area contributed by atoms with E-state index in [-0.39, 0.29) is 0 Å². The van der Waals surface area contributed by atoms with Gasteiger partial charge < -0.3 is 10.2 Å². The quantitative estimate of drug-likeness (QED) is 0.773. The number of amides is 2. The second-order valence-corrected chi connectivity index (χ2v) is 6.97. The molecule has 1 aromatic rings. The lowest BCUT2D eigenvalue weighted by Crippen LogP contribution is -2.67. The van der Waals surface area contributed by atoms with Crippen molar-refractivity contribution in [2.45, 2.75) is 9.46 Å². The van der Waals surface area contributed by atoms with E-state index in [1.165, 1.54) is 29.2 Å². The molecule has 2 aliphatic heterocycles. The zero-order chi connectivity index (χ0) is 16.0. The maximum atomic E-state index is 13.2. The summed E-state index contributed by atoms with van der Waals surface area (Å²) in [6.45, 7) is 0. The zero-order valence-corrected chi connectivity index (χ0v) is 13.2. The molecule has 1 aromatic carbocycles. The fourth-order valence-electron chi connectivity index (χ4n) is 2.43. The van der Waals surface area contributed by atoms with Crippen LogP contribution < -0.4 is 5.32 Å². The van der Waals surface area contributed by atoms with Crippen LogP contribution in [0.25, 0.3) is 0 Å². The van der Waals surface area contributed by atoms with Gasteiger partial charge in [-0.05, 0) is 24.3 Å². The van der Waals surface area contributed by atoms with Crippen molar-refractivity contribution < 1.29 is 9.18 Å². The lowest BCUT2D eigenvalue weighted by Gasteiger charge is -2.49. The third kappa shape index (κ3) is 2.29. The Labute approximate surface area is 140 Å². The number of nitrogens with one attached hydrogen (secondary N) is 1. The van der Waals surface area contributed by atoms with Crippen LogP contribution >= 0.6 is 34.8 Å². The second-order valence-electron chi connectivity index (χ2n) is 4.69. The molecule has 4 nitrogen and oxygen atoms in total. The first kappa shape index (κ1) is 15.3. The van der Waals surface area contributed by atoms with Gasteiger partial charge in [0, 0.05) is 11.8 Å². The molecule has 22 heavy (non-hydrogen) atoms. The van der Waals surface area contributed by atoms with Crippen LogP contribution in [0.15, 0.2) is 53.7 Å². The van der Waals surface area contributed by atoms with E-state index in [9.17, 15) is 9.18 Å². The normalized spacial score (nSPS) is 23.9. The molecule has 0 saturated heterocycles. The van der Waals surface area contributed by atoms with Crippen molar-refractivity contribution in [1.82, 2.24) is 10.2 Å². The molecule has 1 atom stereocenters. The van der Waals surface area contributed by atoms with Gasteiger partial charge in [0.05, 0.1) is 0 Å². The van der Waals surface area contributed by atoms with Gasteiger partial charge in [0.1, 0.15) is 11.7 Å². The number of alkyl halides is 3. The largest absolute Gasteiger partial charge is 0.345 e. The Morgan fingerprint density at radius 2 is 1.86 bits per heavy atom. The molecule has 2 amide bonds. The summed E-state index contributed by atoms with van der Waals surface area (Å²) in [5.41, 5.74) is -1.13. The van der Waals surface area contributed by atoms with Crippen molar-refractivity contribution in [2.75, 3.05) is 0 Å². The Bertz CT molecular complexity index is 709. The number of hydrogen-bond acceptors (Lipinski definition) is 2. The lowest BCUT2D eigenvalue weighted by molar-refractivity contribution is 0.165. The highest BCUT2D eigenvalue weighted by molar-refractivity contribution is 6.68. The monoisotopic (exact) mass is 359 g/mol. The predicted molar refractivity (Wildman–Crippen MR) is 84.5 cm³/mol. The summed E-state index contributed by atoms with van der Waals surface area (Å²) in [7, 11) is 0. The van der Waals surface area contributed by atoms with Gasteiger partial charge in [0.15, 0.2) is 5.66 Å². The molecule has 0 fully saturated rings. The van der Waals surface area contributed by atoms with Crippen molar-refractivity contribution in [3.8, 4) is 0 Å². The zero-order valence-electron chi connectivity index (χ0n) is 10.9. The summed E-state index contributed by atoms with van der Waals surface area (Å²) in [5.74, 6) is -0.116. The van der Waals surface area contributed by atoms with E-state index < -0.39 is 21.3 Å². The molecular weight excluding hydrogens is 352 g/mol. The Balaban J connectivity index is 2.25. The lowest BCUT2D eigenvalue weighted by atomic mass is 9.96. The molecule has 0 radical (unpaired) electrons. The van der Waals surface area contributed by atoms with E-state index in [1.807, 2.05) is 0 Å². The number of amidine groups is 1. The van der Waals surface area contributed by atoms with Crippen molar-refractivity contribution >= 4 is 46.7 Å². The fraction of sp³-hybridized carbons (Fsp3) is 0.143. The molecule has 0 spiro atoms. The molecule has 0 saturated carbocycles. The Hall–Kier alpha value is -1.56. The van der Waals surface area contributed by atoms with Crippen molar-refractivity contribution in [3.05, 3.63) is 60.1 Å². The third-order valence-electron chi connectivity index (χ3n) is 3.38. The second kappa shape index (κ2) is 5.26. The van der Waals surface area contributed by atoms with E-state index >= 15 is 0 Å². The first-order chi connectivity index (χ1) is 10.3. The van der Waals surface area contributed by atoms with Crippen LogP contribution in [0.1, 0.15) is 5.56 Å². The van der Waals surface area contributed by atoms with Crippen LogP contribution in [0.2, 0.25) is 0 Å². The van der Waals surface area contributed by atoms with Gasteiger partial charge in [-0.25, -0.2) is 9.18 Å². The molecule has 114 valence electrons. The maximum absolute atomic E-state index is 13.2. The average Bonchev–Trinajstić information content (AvgIpc) is 2.46. The molecule has 1 unspecified atom stereocenters. The number of hydrogen-bond donors (Lipinski definition) is 1. The van der Waals surface area contributed by atoms with Gasteiger partial charge in [-0.3, -0.25) is 0 Å². The van der Waals surface area contributed by atoms with Crippen LogP contribution in [0.4, 0.5) is 9.18 Å². The molecule has 0 aromatic heterocycles. The first-order valence-corrected chi connectivity index (χ1v) is 7.36. The van der Waals surface area contributed by atoms with E-state index in [0.29, 0.717) is 11.4 Å². The summed E-state index contributed by atoms with van der Waals surface area (Å²) in [6, 6.07) is 4.71. The van der Waals surface area contributed by atoms with Crippen molar-refractivity contribution in [3.63, 3.8) is 0 Å². The molecule has 8 heteroatoms. The van der Waals surface area contributed by atoms with Crippen LogP contribution in [0.5, 0.6) is 0 Å². The van der Waals surface area contributed by atoms with Crippen LogP contribution in [0.3, 0.4) is 0 Å². The van der Waals surface area contributed by atoms with Crippen LogP contribution in [0, 0.1) is 5.82 Å². The third-order valence-corrected chi connectivity index (χ3v) is 4.20. The van der Waals surface area contributed by atoms with Gasteiger partial charge in [0.2, 0.25) is 3.79 Å². The molecular formula is C14H9Cl3FN3O. The number of allylic oxidation sites excluding steroid dienone is 2. The van der Waals surface area contributed by atoms with E-state index in [0.717, 1.165) is 0 Å². The topological polar surface area (TPSA) is 44.7 Å². The highest BCUT2D eigenvalue weighted by Gasteiger charge is 2.57. The summed E-state index contributed by atoms with van der Waals surface area (Å²) >= 11 is 18.6. The number of rotatable bonds is 1. The van der Waals surface area contributed by atoms with Gasteiger partial charge in [0.25, 0.3) is 0 Å². The number of carbonyl (C=O) groups is 1. The van der Waals surface area contributed by atoms with E-state index in [4.69, 9.17) is 34.8 Å². The molecule has 2 heterocycles. The van der Waals surface area contributed by atoms with E-state index in [1.54, 1.807) is 24.4 Å².